The van der Waals surface area contributed by atoms with Gasteiger partial charge >= 0.3 is 5.97 Å². The largest absolute Gasteiger partial charge is 0.478 e. The topological polar surface area (TPSA) is 66.6 Å². The minimum atomic E-state index is -0.935. The molecule has 2 rings (SSSR count). The van der Waals surface area contributed by atoms with Crippen LogP contribution in [0.3, 0.4) is 0 Å². The number of carboxylic acid groups (broad SMARTS) is 1. The molecule has 1 fully saturated rings. The lowest BCUT2D eigenvalue weighted by atomic mass is 10.1. The summed E-state index contributed by atoms with van der Waals surface area (Å²) in [5, 5.41) is 8.94. The van der Waals surface area contributed by atoms with Crippen LogP contribution >= 0.6 is 0 Å². The summed E-state index contributed by atoms with van der Waals surface area (Å²) < 4.78 is 0. The van der Waals surface area contributed by atoms with E-state index < -0.39 is 5.97 Å². The molecule has 1 aliphatic carbocycles. The van der Waals surface area contributed by atoms with Crippen molar-refractivity contribution in [2.75, 3.05) is 17.2 Å². The van der Waals surface area contributed by atoms with Gasteiger partial charge in [-0.15, -0.1) is 0 Å². The summed E-state index contributed by atoms with van der Waals surface area (Å²) in [6.07, 6.45) is 2.40. The molecule has 1 aromatic carbocycles. The zero-order valence-electron chi connectivity index (χ0n) is 10.9. The number of aromatic carboxylic acids is 1. The molecule has 1 aromatic rings. The van der Waals surface area contributed by atoms with Crippen molar-refractivity contribution in [3.8, 4) is 0 Å². The number of nitrogens with zero attached hydrogens (tertiary/aromatic N) is 1. The lowest BCUT2D eigenvalue weighted by Crippen LogP contribution is -2.30. The highest BCUT2D eigenvalue weighted by Gasteiger charge is 2.30. The molecule has 0 heterocycles. The maximum Gasteiger partial charge on any atom is 0.335 e. The predicted molar refractivity (Wildman–Crippen MR) is 73.0 cm³/mol. The Morgan fingerprint density at radius 1 is 1.50 bits per heavy atom. The van der Waals surface area contributed by atoms with Crippen LogP contribution in [0.2, 0.25) is 0 Å². The number of rotatable bonds is 5. The molecule has 0 aliphatic heterocycles. The van der Waals surface area contributed by atoms with Crippen molar-refractivity contribution in [1.82, 2.24) is 0 Å². The van der Waals surface area contributed by atoms with Crippen molar-refractivity contribution in [3.63, 3.8) is 0 Å². The summed E-state index contributed by atoms with van der Waals surface area (Å²) in [5.41, 5.74) is 7.77. The number of hydrogen-bond acceptors (Lipinski definition) is 3. The second-order valence-corrected chi connectivity index (χ2v) is 5.36. The van der Waals surface area contributed by atoms with Crippen LogP contribution in [0.15, 0.2) is 18.2 Å². The van der Waals surface area contributed by atoms with E-state index in [1.165, 1.54) is 12.8 Å². The van der Waals surface area contributed by atoms with Crippen LogP contribution in [-0.4, -0.2) is 23.7 Å². The third-order valence-corrected chi connectivity index (χ3v) is 3.13. The molecule has 0 bridgehead atoms. The molecule has 0 atom stereocenters. The Morgan fingerprint density at radius 2 is 2.17 bits per heavy atom. The van der Waals surface area contributed by atoms with E-state index in [1.54, 1.807) is 12.1 Å². The third-order valence-electron chi connectivity index (χ3n) is 3.13. The summed E-state index contributed by atoms with van der Waals surface area (Å²) in [6.45, 7) is 5.32. The second-order valence-electron chi connectivity index (χ2n) is 5.36. The van der Waals surface area contributed by atoms with Gasteiger partial charge in [0.15, 0.2) is 0 Å². The molecule has 0 radical (unpaired) electrons. The molecule has 0 aromatic heterocycles. The summed E-state index contributed by atoms with van der Waals surface area (Å²) in [7, 11) is 0. The normalized spacial score (nSPS) is 14.8. The van der Waals surface area contributed by atoms with Crippen LogP contribution in [0.5, 0.6) is 0 Å². The van der Waals surface area contributed by atoms with E-state index in [2.05, 4.69) is 18.7 Å². The fourth-order valence-corrected chi connectivity index (χ4v) is 2.17. The maximum absolute atomic E-state index is 10.9. The number of nitrogens with two attached hydrogens (primary N) is 1. The maximum atomic E-state index is 10.9. The van der Waals surface area contributed by atoms with E-state index in [9.17, 15) is 4.79 Å². The smallest absolute Gasteiger partial charge is 0.335 e. The highest BCUT2D eigenvalue weighted by Crippen LogP contribution is 2.35. The van der Waals surface area contributed by atoms with Crippen LogP contribution in [0, 0.1) is 5.92 Å². The van der Waals surface area contributed by atoms with Crippen LogP contribution in [0.1, 0.15) is 37.0 Å². The number of carboxylic acids is 1. The number of anilines is 2. The van der Waals surface area contributed by atoms with E-state index in [4.69, 9.17) is 10.8 Å². The highest BCUT2D eigenvalue weighted by atomic mass is 16.4. The molecular weight excluding hydrogens is 228 g/mol. The Morgan fingerprint density at radius 3 is 2.61 bits per heavy atom. The van der Waals surface area contributed by atoms with Crippen LogP contribution < -0.4 is 10.6 Å². The minimum absolute atomic E-state index is 0.247. The lowest BCUT2D eigenvalue weighted by Gasteiger charge is -2.28. The van der Waals surface area contributed by atoms with Crippen molar-refractivity contribution in [2.24, 2.45) is 5.92 Å². The summed E-state index contributed by atoms with van der Waals surface area (Å²) in [5.74, 6) is -0.376. The Labute approximate surface area is 107 Å². The Balaban J connectivity index is 2.27. The first-order valence-corrected chi connectivity index (χ1v) is 6.38. The van der Waals surface area contributed by atoms with Crippen molar-refractivity contribution < 1.29 is 9.90 Å². The second kappa shape index (κ2) is 4.88. The Kier molecular flexibility index (Phi) is 3.45. The van der Waals surface area contributed by atoms with Gasteiger partial charge in [0.25, 0.3) is 0 Å². The molecule has 1 aliphatic rings. The first kappa shape index (κ1) is 12.7. The summed E-state index contributed by atoms with van der Waals surface area (Å²) in [6, 6.07) is 5.58. The van der Waals surface area contributed by atoms with Gasteiger partial charge < -0.3 is 15.7 Å². The zero-order valence-corrected chi connectivity index (χ0v) is 10.9. The number of nitrogen functional groups attached to an aromatic ring is 1. The van der Waals surface area contributed by atoms with Gasteiger partial charge in [-0.1, -0.05) is 13.8 Å². The van der Waals surface area contributed by atoms with Crippen LogP contribution in [-0.2, 0) is 0 Å². The Hall–Kier alpha value is -1.71. The lowest BCUT2D eigenvalue weighted by molar-refractivity contribution is 0.0697. The molecule has 3 N–H and O–H groups in total. The van der Waals surface area contributed by atoms with E-state index >= 15 is 0 Å². The molecule has 18 heavy (non-hydrogen) atoms. The van der Waals surface area contributed by atoms with Crippen molar-refractivity contribution >= 4 is 17.3 Å². The molecule has 0 saturated heterocycles. The first-order valence-electron chi connectivity index (χ1n) is 6.38. The third kappa shape index (κ3) is 2.75. The fraction of sp³-hybridized carbons (Fsp3) is 0.500. The number of hydrogen-bond donors (Lipinski definition) is 2. The molecule has 4 heteroatoms. The van der Waals surface area contributed by atoms with Gasteiger partial charge in [0.1, 0.15) is 0 Å². The average molecular weight is 248 g/mol. The van der Waals surface area contributed by atoms with Gasteiger partial charge in [-0.3, -0.25) is 0 Å². The molecule has 0 amide bonds. The minimum Gasteiger partial charge on any atom is -0.478 e. The molecule has 98 valence electrons. The van der Waals surface area contributed by atoms with Crippen molar-refractivity contribution in [3.05, 3.63) is 23.8 Å². The Bertz CT molecular complexity index is 453. The van der Waals surface area contributed by atoms with E-state index in [1.807, 2.05) is 6.07 Å². The molecule has 1 saturated carbocycles. The SMILES string of the molecule is CC(C)CN(c1ccc(C(=O)O)cc1N)C1CC1. The predicted octanol–water partition coefficient (Wildman–Crippen LogP) is 2.59. The van der Waals surface area contributed by atoms with Crippen molar-refractivity contribution in [1.29, 1.82) is 0 Å². The highest BCUT2D eigenvalue weighted by molar-refractivity contribution is 5.90. The summed E-state index contributed by atoms with van der Waals surface area (Å²) in [4.78, 5) is 13.2. The monoisotopic (exact) mass is 248 g/mol. The van der Waals surface area contributed by atoms with Crippen LogP contribution in [0.25, 0.3) is 0 Å². The van der Waals surface area contributed by atoms with Gasteiger partial charge in [0, 0.05) is 12.6 Å². The first-order chi connectivity index (χ1) is 8.49. The molecular formula is C14H20N2O2. The van der Waals surface area contributed by atoms with E-state index in [0.717, 1.165) is 12.2 Å². The van der Waals surface area contributed by atoms with E-state index in [-0.39, 0.29) is 5.56 Å². The number of benzene rings is 1. The van der Waals surface area contributed by atoms with Gasteiger partial charge in [0.05, 0.1) is 16.9 Å². The average Bonchev–Trinajstić information content (AvgIpc) is 3.09. The quantitative estimate of drug-likeness (QED) is 0.786. The fourth-order valence-electron chi connectivity index (χ4n) is 2.17. The van der Waals surface area contributed by atoms with Gasteiger partial charge in [-0.05, 0) is 37.0 Å². The van der Waals surface area contributed by atoms with Gasteiger partial charge in [-0.2, -0.15) is 0 Å². The summed E-state index contributed by atoms with van der Waals surface area (Å²) >= 11 is 0. The van der Waals surface area contributed by atoms with Gasteiger partial charge in [0.2, 0.25) is 0 Å². The standard InChI is InChI=1S/C14H20N2O2/c1-9(2)8-16(11-4-5-11)13-6-3-10(14(17)18)7-12(13)15/h3,6-7,9,11H,4-5,8,15H2,1-2H3,(H,17,18). The molecule has 0 spiro atoms. The molecule has 0 unspecified atom stereocenters. The molecule has 4 nitrogen and oxygen atoms in total. The van der Waals surface area contributed by atoms with E-state index in [0.29, 0.717) is 17.6 Å². The van der Waals surface area contributed by atoms with Gasteiger partial charge in [-0.25, -0.2) is 4.79 Å². The van der Waals surface area contributed by atoms with Crippen LogP contribution in [0.4, 0.5) is 11.4 Å². The number of carbonyl (C=O) groups is 1. The zero-order chi connectivity index (χ0) is 13.3. The van der Waals surface area contributed by atoms with Crippen molar-refractivity contribution in [2.45, 2.75) is 32.7 Å².